The molecule has 8 heteroatoms. The van der Waals surface area contributed by atoms with E-state index < -0.39 is 5.91 Å². The fourth-order valence-corrected chi connectivity index (χ4v) is 2.83. The second-order valence-electron chi connectivity index (χ2n) is 4.89. The Labute approximate surface area is 153 Å². The summed E-state index contributed by atoms with van der Waals surface area (Å²) in [4.78, 5) is 12.2. The van der Waals surface area contributed by atoms with Crippen LogP contribution in [0.1, 0.15) is 10.4 Å². The van der Waals surface area contributed by atoms with Crippen LogP contribution in [0.3, 0.4) is 0 Å². The van der Waals surface area contributed by atoms with Crippen LogP contribution in [0.4, 0.5) is 5.69 Å². The molecular weight excluding hydrogens is 371 g/mol. The summed E-state index contributed by atoms with van der Waals surface area (Å²) < 4.78 is 10.9. The quantitative estimate of drug-likeness (QED) is 0.771. The van der Waals surface area contributed by atoms with Gasteiger partial charge in [0.1, 0.15) is 13.2 Å². The molecule has 24 heavy (non-hydrogen) atoms. The Morgan fingerprint density at radius 2 is 1.79 bits per heavy atom. The average molecular weight is 383 g/mol. The highest BCUT2D eigenvalue weighted by Gasteiger charge is 2.14. The number of thiocarbonyl (C=S) groups is 1. The van der Waals surface area contributed by atoms with Crippen molar-refractivity contribution < 1.29 is 14.3 Å². The highest BCUT2D eigenvalue weighted by Crippen LogP contribution is 2.32. The minimum atomic E-state index is -0.424. The molecule has 1 aliphatic heterocycles. The lowest BCUT2D eigenvalue weighted by atomic mass is 10.2. The first kappa shape index (κ1) is 16.8. The van der Waals surface area contributed by atoms with Crippen LogP contribution in [0.2, 0.25) is 10.0 Å². The Morgan fingerprint density at radius 1 is 1.04 bits per heavy atom. The maximum Gasteiger partial charge on any atom is 0.258 e. The van der Waals surface area contributed by atoms with E-state index in [-0.39, 0.29) is 15.7 Å². The normalized spacial score (nSPS) is 12.4. The SMILES string of the molecule is O=C(NC(=S)Nc1ccc2c(c1)OCCO2)c1ccc(Cl)cc1Cl. The summed E-state index contributed by atoms with van der Waals surface area (Å²) in [5, 5.41) is 6.33. The molecule has 3 rings (SSSR count). The number of carbonyl (C=O) groups excluding carboxylic acids is 1. The van der Waals surface area contributed by atoms with E-state index in [1.807, 2.05) is 0 Å². The number of anilines is 1. The van der Waals surface area contributed by atoms with Crippen molar-refractivity contribution in [3.8, 4) is 11.5 Å². The van der Waals surface area contributed by atoms with Crippen LogP contribution in [0.15, 0.2) is 36.4 Å². The Bertz CT molecular complexity index is 814. The van der Waals surface area contributed by atoms with Gasteiger partial charge in [-0.25, -0.2) is 0 Å². The van der Waals surface area contributed by atoms with Crippen molar-refractivity contribution >= 4 is 52.1 Å². The third-order valence-electron chi connectivity index (χ3n) is 3.20. The van der Waals surface area contributed by atoms with Crippen molar-refractivity contribution in [2.24, 2.45) is 0 Å². The second kappa shape index (κ2) is 7.25. The number of rotatable bonds is 2. The van der Waals surface area contributed by atoms with E-state index >= 15 is 0 Å². The molecule has 1 amide bonds. The van der Waals surface area contributed by atoms with Crippen molar-refractivity contribution in [3.05, 3.63) is 52.0 Å². The van der Waals surface area contributed by atoms with Crippen molar-refractivity contribution in [1.29, 1.82) is 0 Å². The number of hydrogen-bond donors (Lipinski definition) is 2. The molecule has 0 atom stereocenters. The van der Waals surface area contributed by atoms with Gasteiger partial charge in [-0.05, 0) is 42.5 Å². The molecular formula is C16H12Cl2N2O3S. The predicted octanol–water partition coefficient (Wildman–Crippen LogP) is 3.89. The van der Waals surface area contributed by atoms with Gasteiger partial charge in [-0.1, -0.05) is 23.2 Å². The molecule has 0 fully saturated rings. The van der Waals surface area contributed by atoms with Crippen molar-refractivity contribution in [2.75, 3.05) is 18.5 Å². The summed E-state index contributed by atoms with van der Waals surface area (Å²) in [6.07, 6.45) is 0. The molecule has 124 valence electrons. The lowest BCUT2D eigenvalue weighted by Crippen LogP contribution is -2.34. The zero-order valence-corrected chi connectivity index (χ0v) is 14.6. The second-order valence-corrected chi connectivity index (χ2v) is 6.14. The molecule has 5 nitrogen and oxygen atoms in total. The highest BCUT2D eigenvalue weighted by atomic mass is 35.5. The van der Waals surface area contributed by atoms with Crippen LogP contribution in [-0.4, -0.2) is 24.2 Å². The number of benzene rings is 2. The highest BCUT2D eigenvalue weighted by molar-refractivity contribution is 7.80. The average Bonchev–Trinajstić information content (AvgIpc) is 2.54. The van der Waals surface area contributed by atoms with E-state index in [0.29, 0.717) is 35.4 Å². The van der Waals surface area contributed by atoms with Crippen LogP contribution in [0, 0.1) is 0 Å². The summed E-state index contributed by atoms with van der Waals surface area (Å²) in [6, 6.07) is 9.92. The lowest BCUT2D eigenvalue weighted by molar-refractivity contribution is 0.0978. The van der Waals surface area contributed by atoms with Gasteiger partial charge in [-0.15, -0.1) is 0 Å². The van der Waals surface area contributed by atoms with E-state index in [4.69, 9.17) is 44.9 Å². The molecule has 2 aromatic carbocycles. The van der Waals surface area contributed by atoms with E-state index in [1.165, 1.54) is 12.1 Å². The Hall–Kier alpha value is -2.02. The van der Waals surface area contributed by atoms with E-state index in [9.17, 15) is 4.79 Å². The van der Waals surface area contributed by atoms with Crippen LogP contribution < -0.4 is 20.1 Å². The van der Waals surface area contributed by atoms with Gasteiger partial charge in [0.2, 0.25) is 0 Å². The summed E-state index contributed by atoms with van der Waals surface area (Å²) in [6.45, 7) is 1.02. The first-order valence-electron chi connectivity index (χ1n) is 7.00. The van der Waals surface area contributed by atoms with Gasteiger partial charge in [0, 0.05) is 16.8 Å². The fourth-order valence-electron chi connectivity index (χ4n) is 2.13. The van der Waals surface area contributed by atoms with E-state index in [2.05, 4.69) is 10.6 Å². The van der Waals surface area contributed by atoms with E-state index in [1.54, 1.807) is 24.3 Å². The fraction of sp³-hybridized carbons (Fsp3) is 0.125. The number of hydrogen-bond acceptors (Lipinski definition) is 4. The maximum absolute atomic E-state index is 12.2. The molecule has 0 bridgehead atoms. The summed E-state index contributed by atoms with van der Waals surface area (Å²) in [7, 11) is 0. The molecule has 1 aliphatic rings. The molecule has 2 aromatic rings. The smallest absolute Gasteiger partial charge is 0.258 e. The molecule has 0 saturated carbocycles. The zero-order valence-electron chi connectivity index (χ0n) is 12.3. The van der Waals surface area contributed by atoms with Crippen molar-refractivity contribution in [2.45, 2.75) is 0 Å². The van der Waals surface area contributed by atoms with Crippen LogP contribution in [-0.2, 0) is 0 Å². The van der Waals surface area contributed by atoms with Gasteiger partial charge in [0.05, 0.1) is 10.6 Å². The summed E-state index contributed by atoms with van der Waals surface area (Å²) in [5.74, 6) is 0.877. The van der Waals surface area contributed by atoms with Crippen molar-refractivity contribution in [1.82, 2.24) is 5.32 Å². The third kappa shape index (κ3) is 3.90. The van der Waals surface area contributed by atoms with Gasteiger partial charge in [0.15, 0.2) is 16.6 Å². The predicted molar refractivity (Wildman–Crippen MR) is 97.6 cm³/mol. The number of fused-ring (bicyclic) bond motifs is 1. The van der Waals surface area contributed by atoms with E-state index in [0.717, 1.165) is 0 Å². The van der Waals surface area contributed by atoms with Gasteiger partial charge >= 0.3 is 0 Å². The number of amides is 1. The van der Waals surface area contributed by atoms with Crippen molar-refractivity contribution in [3.63, 3.8) is 0 Å². The lowest BCUT2D eigenvalue weighted by Gasteiger charge is -2.19. The zero-order chi connectivity index (χ0) is 17.1. The minimum Gasteiger partial charge on any atom is -0.486 e. The van der Waals surface area contributed by atoms with Crippen LogP contribution in [0.25, 0.3) is 0 Å². The first-order chi connectivity index (χ1) is 11.5. The Morgan fingerprint density at radius 3 is 2.54 bits per heavy atom. The monoisotopic (exact) mass is 382 g/mol. The first-order valence-corrected chi connectivity index (χ1v) is 8.16. The molecule has 0 aliphatic carbocycles. The Kier molecular flexibility index (Phi) is 5.08. The third-order valence-corrected chi connectivity index (χ3v) is 3.95. The van der Waals surface area contributed by atoms with Crippen LogP contribution >= 0.6 is 35.4 Å². The topological polar surface area (TPSA) is 59.6 Å². The molecule has 2 N–H and O–H groups in total. The Balaban J connectivity index is 1.66. The number of ether oxygens (including phenoxy) is 2. The number of nitrogens with one attached hydrogen (secondary N) is 2. The number of halogens is 2. The molecule has 0 spiro atoms. The number of carbonyl (C=O) groups is 1. The van der Waals surface area contributed by atoms with Gasteiger partial charge in [0.25, 0.3) is 5.91 Å². The molecule has 0 aromatic heterocycles. The molecule has 0 radical (unpaired) electrons. The van der Waals surface area contributed by atoms with Gasteiger partial charge < -0.3 is 14.8 Å². The maximum atomic E-state index is 12.2. The summed E-state index contributed by atoms with van der Waals surface area (Å²) >= 11 is 17.0. The van der Waals surface area contributed by atoms with Crippen LogP contribution in [0.5, 0.6) is 11.5 Å². The molecule has 1 heterocycles. The molecule has 0 saturated heterocycles. The van der Waals surface area contributed by atoms with Gasteiger partial charge in [-0.3, -0.25) is 10.1 Å². The largest absolute Gasteiger partial charge is 0.486 e. The van der Waals surface area contributed by atoms with Gasteiger partial charge in [-0.2, -0.15) is 0 Å². The summed E-state index contributed by atoms with van der Waals surface area (Å²) in [5.41, 5.74) is 0.958. The minimum absolute atomic E-state index is 0.141. The standard InChI is InChI=1S/C16H12Cl2N2O3S/c17-9-1-3-11(12(18)7-9)15(21)20-16(24)19-10-2-4-13-14(8-10)23-6-5-22-13/h1-4,7-8H,5-6H2,(H2,19,20,21,24). The molecule has 0 unspecified atom stereocenters.